The standard InChI is InChI=1S/C9H6F5NO4/c1-18-8(17)4-3(6(10)11)2-15-7(16)5(4)19-9(12,13)14/h2,6H,1H3,(H,15,16). The number of pyridine rings is 1. The van der Waals surface area contributed by atoms with E-state index < -0.39 is 41.2 Å². The van der Waals surface area contributed by atoms with Gasteiger partial charge >= 0.3 is 12.3 Å². The summed E-state index contributed by atoms with van der Waals surface area (Å²) in [7, 11) is 0.760. The van der Waals surface area contributed by atoms with Crippen LogP contribution in [-0.2, 0) is 4.74 Å². The van der Waals surface area contributed by atoms with Gasteiger partial charge in [-0.2, -0.15) is 0 Å². The van der Waals surface area contributed by atoms with E-state index in [1.165, 1.54) is 0 Å². The van der Waals surface area contributed by atoms with Gasteiger partial charge in [0.05, 0.1) is 12.7 Å². The largest absolute Gasteiger partial charge is 0.573 e. The van der Waals surface area contributed by atoms with Crippen molar-refractivity contribution in [2.75, 3.05) is 7.11 Å². The summed E-state index contributed by atoms with van der Waals surface area (Å²) in [5, 5.41) is 0. The Bertz CT molecular complexity index is 536. The SMILES string of the molecule is COC(=O)c1c(C(F)F)c[nH]c(=O)c1OC(F)(F)F. The highest BCUT2D eigenvalue weighted by atomic mass is 19.4. The zero-order chi connectivity index (χ0) is 14.8. The van der Waals surface area contributed by atoms with Gasteiger partial charge in [0.1, 0.15) is 5.56 Å². The van der Waals surface area contributed by atoms with Crippen LogP contribution >= 0.6 is 0 Å². The molecular weight excluding hydrogens is 281 g/mol. The third kappa shape index (κ3) is 3.42. The molecule has 0 atom stereocenters. The first-order valence-corrected chi connectivity index (χ1v) is 4.55. The highest BCUT2D eigenvalue weighted by molar-refractivity contribution is 5.94. The second-order valence-corrected chi connectivity index (χ2v) is 3.12. The average Bonchev–Trinajstić information content (AvgIpc) is 2.28. The summed E-state index contributed by atoms with van der Waals surface area (Å²) < 4.78 is 68.8. The van der Waals surface area contributed by atoms with Crippen molar-refractivity contribution in [1.29, 1.82) is 0 Å². The number of hydrogen-bond donors (Lipinski definition) is 1. The normalized spacial score (nSPS) is 11.5. The van der Waals surface area contributed by atoms with Crippen molar-refractivity contribution in [2.45, 2.75) is 12.8 Å². The maximum atomic E-state index is 12.6. The summed E-state index contributed by atoms with van der Waals surface area (Å²) in [6, 6.07) is 0. The maximum absolute atomic E-state index is 12.6. The average molecular weight is 287 g/mol. The Morgan fingerprint density at radius 2 is 1.95 bits per heavy atom. The number of H-pyrrole nitrogens is 1. The van der Waals surface area contributed by atoms with Gasteiger partial charge in [0.25, 0.3) is 12.0 Å². The highest BCUT2D eigenvalue weighted by Crippen LogP contribution is 2.30. The Morgan fingerprint density at radius 1 is 1.37 bits per heavy atom. The summed E-state index contributed by atoms with van der Waals surface area (Å²) in [6.45, 7) is 0. The predicted molar refractivity (Wildman–Crippen MR) is 50.0 cm³/mol. The van der Waals surface area contributed by atoms with Gasteiger partial charge in [-0.25, -0.2) is 13.6 Å². The van der Waals surface area contributed by atoms with Crippen LogP contribution in [0.2, 0.25) is 0 Å². The van der Waals surface area contributed by atoms with Crippen molar-refractivity contribution in [2.24, 2.45) is 0 Å². The van der Waals surface area contributed by atoms with Gasteiger partial charge in [0.2, 0.25) is 5.75 Å². The van der Waals surface area contributed by atoms with Crippen molar-refractivity contribution in [3.05, 3.63) is 27.7 Å². The lowest BCUT2D eigenvalue weighted by Crippen LogP contribution is -2.26. The van der Waals surface area contributed by atoms with Crippen molar-refractivity contribution in [3.63, 3.8) is 0 Å². The number of ether oxygens (including phenoxy) is 2. The Morgan fingerprint density at radius 3 is 2.37 bits per heavy atom. The molecule has 1 N–H and O–H groups in total. The lowest BCUT2D eigenvalue weighted by atomic mass is 10.1. The van der Waals surface area contributed by atoms with E-state index in [-0.39, 0.29) is 0 Å². The van der Waals surface area contributed by atoms with Crippen LogP contribution in [0.3, 0.4) is 0 Å². The third-order valence-electron chi connectivity index (χ3n) is 1.92. The Kier molecular flexibility index (Phi) is 4.12. The third-order valence-corrected chi connectivity index (χ3v) is 1.92. The van der Waals surface area contributed by atoms with E-state index in [9.17, 15) is 31.5 Å². The molecule has 0 aliphatic heterocycles. The molecule has 1 rings (SSSR count). The van der Waals surface area contributed by atoms with Crippen LogP contribution in [0.1, 0.15) is 22.3 Å². The van der Waals surface area contributed by atoms with Gasteiger partial charge in [0, 0.05) is 6.20 Å². The Balaban J connectivity index is 3.54. The van der Waals surface area contributed by atoms with Gasteiger partial charge in [-0.3, -0.25) is 4.79 Å². The first-order valence-electron chi connectivity index (χ1n) is 4.55. The van der Waals surface area contributed by atoms with Crippen LogP contribution in [0.4, 0.5) is 22.0 Å². The van der Waals surface area contributed by atoms with E-state index in [0.29, 0.717) is 6.20 Å². The van der Waals surface area contributed by atoms with Gasteiger partial charge in [0.15, 0.2) is 0 Å². The van der Waals surface area contributed by atoms with Crippen LogP contribution < -0.4 is 10.3 Å². The number of alkyl halides is 5. The second-order valence-electron chi connectivity index (χ2n) is 3.12. The monoisotopic (exact) mass is 287 g/mol. The molecule has 0 amide bonds. The number of aromatic amines is 1. The number of nitrogens with one attached hydrogen (secondary N) is 1. The number of carbonyl (C=O) groups excluding carboxylic acids is 1. The molecule has 1 aromatic rings. The summed E-state index contributed by atoms with van der Waals surface area (Å²) in [5.74, 6) is -3.13. The topological polar surface area (TPSA) is 68.4 Å². The van der Waals surface area contributed by atoms with Crippen molar-refractivity contribution < 1.29 is 36.2 Å². The number of aromatic nitrogens is 1. The van der Waals surface area contributed by atoms with Crippen LogP contribution in [0.5, 0.6) is 5.75 Å². The molecule has 0 aliphatic rings. The van der Waals surface area contributed by atoms with Crippen LogP contribution in [-0.4, -0.2) is 24.4 Å². The zero-order valence-electron chi connectivity index (χ0n) is 9.18. The van der Waals surface area contributed by atoms with Gasteiger partial charge in [-0.15, -0.1) is 13.2 Å². The zero-order valence-corrected chi connectivity index (χ0v) is 9.18. The smallest absolute Gasteiger partial charge is 0.465 e. The molecule has 0 saturated heterocycles. The molecule has 0 saturated carbocycles. The quantitative estimate of drug-likeness (QED) is 0.682. The molecule has 0 aromatic carbocycles. The van der Waals surface area contributed by atoms with Gasteiger partial charge < -0.3 is 14.5 Å². The molecular formula is C9H6F5NO4. The molecule has 0 aliphatic carbocycles. The van der Waals surface area contributed by atoms with E-state index in [2.05, 4.69) is 9.47 Å². The Labute approximate surface area is 101 Å². The minimum atomic E-state index is -5.32. The fraction of sp³-hybridized carbons (Fsp3) is 0.333. The number of carbonyl (C=O) groups is 1. The van der Waals surface area contributed by atoms with E-state index in [0.717, 1.165) is 7.11 Å². The first-order chi connectivity index (χ1) is 8.67. The minimum absolute atomic E-state index is 0.419. The van der Waals surface area contributed by atoms with Crippen LogP contribution in [0.25, 0.3) is 0 Å². The van der Waals surface area contributed by atoms with Crippen LogP contribution in [0, 0.1) is 0 Å². The van der Waals surface area contributed by atoms with Crippen molar-refractivity contribution >= 4 is 5.97 Å². The highest BCUT2D eigenvalue weighted by Gasteiger charge is 2.36. The predicted octanol–water partition coefficient (Wildman–Crippen LogP) is 2.00. The number of methoxy groups -OCH3 is 1. The fourth-order valence-electron chi connectivity index (χ4n) is 1.22. The summed E-state index contributed by atoms with van der Waals surface area (Å²) in [4.78, 5) is 24.0. The molecule has 1 heterocycles. The molecule has 0 bridgehead atoms. The Hall–Kier alpha value is -2.13. The minimum Gasteiger partial charge on any atom is -0.465 e. The first kappa shape index (κ1) is 14.9. The lowest BCUT2D eigenvalue weighted by Gasteiger charge is -2.13. The van der Waals surface area contributed by atoms with Crippen molar-refractivity contribution in [1.82, 2.24) is 4.98 Å². The molecule has 5 nitrogen and oxygen atoms in total. The summed E-state index contributed by atoms with van der Waals surface area (Å²) in [5.41, 5.74) is -3.88. The maximum Gasteiger partial charge on any atom is 0.573 e. The van der Waals surface area contributed by atoms with Gasteiger partial charge in [-0.05, 0) is 0 Å². The molecule has 1 aromatic heterocycles. The second kappa shape index (κ2) is 5.24. The number of rotatable bonds is 3. The molecule has 0 spiro atoms. The number of halogens is 5. The number of esters is 1. The molecule has 0 fully saturated rings. The fourth-order valence-corrected chi connectivity index (χ4v) is 1.22. The van der Waals surface area contributed by atoms with E-state index in [1.807, 2.05) is 0 Å². The molecule has 0 radical (unpaired) electrons. The van der Waals surface area contributed by atoms with E-state index >= 15 is 0 Å². The lowest BCUT2D eigenvalue weighted by molar-refractivity contribution is -0.275. The summed E-state index contributed by atoms with van der Waals surface area (Å²) in [6.07, 6.45) is -8.21. The molecule has 106 valence electrons. The molecule has 19 heavy (non-hydrogen) atoms. The molecule has 0 unspecified atom stereocenters. The van der Waals surface area contributed by atoms with Crippen LogP contribution in [0.15, 0.2) is 11.0 Å². The molecule has 10 heteroatoms. The van der Waals surface area contributed by atoms with Crippen molar-refractivity contribution in [3.8, 4) is 5.75 Å². The van der Waals surface area contributed by atoms with E-state index in [1.54, 1.807) is 4.98 Å². The number of hydrogen-bond acceptors (Lipinski definition) is 4. The van der Waals surface area contributed by atoms with Gasteiger partial charge in [-0.1, -0.05) is 0 Å². The summed E-state index contributed by atoms with van der Waals surface area (Å²) >= 11 is 0. The van der Waals surface area contributed by atoms with E-state index in [4.69, 9.17) is 0 Å².